The molecule has 0 spiro atoms. The summed E-state index contributed by atoms with van der Waals surface area (Å²) < 4.78 is 0. The quantitative estimate of drug-likeness (QED) is 0.795. The van der Waals surface area contributed by atoms with Crippen LogP contribution in [0.25, 0.3) is 0 Å². The van der Waals surface area contributed by atoms with Crippen LogP contribution in [-0.2, 0) is 6.42 Å². The molecule has 0 unspecified atom stereocenters. The van der Waals surface area contributed by atoms with Gasteiger partial charge in [-0.1, -0.05) is 24.9 Å². The monoisotopic (exact) mass is 282 g/mol. The largest absolute Gasteiger partial charge is 0.356 e. The molecule has 4 nitrogen and oxygen atoms in total. The van der Waals surface area contributed by atoms with Crippen molar-refractivity contribution in [1.82, 2.24) is 14.9 Å². The predicted molar refractivity (Wildman–Crippen MR) is 80.0 cm³/mol. The third-order valence-corrected chi connectivity index (χ3v) is 4.27. The number of likely N-dealkylation sites (tertiary alicyclic amines) is 1. The van der Waals surface area contributed by atoms with Gasteiger partial charge in [0.2, 0.25) is 0 Å². The predicted octanol–water partition coefficient (Wildman–Crippen LogP) is 2.61. The van der Waals surface area contributed by atoms with Gasteiger partial charge in [0.25, 0.3) is 0 Å². The van der Waals surface area contributed by atoms with Crippen molar-refractivity contribution in [2.45, 2.75) is 38.6 Å². The molecule has 2 heterocycles. The van der Waals surface area contributed by atoms with Crippen molar-refractivity contribution < 1.29 is 0 Å². The highest BCUT2D eigenvalue weighted by atomic mass is 35.5. The maximum atomic E-state index is 6.23. The SMILES string of the molecule is CCCc1c(Cl)ncnc1N(C)C1CCN(C)CC1. The molecule has 106 valence electrons. The van der Waals surface area contributed by atoms with E-state index in [9.17, 15) is 0 Å². The van der Waals surface area contributed by atoms with Gasteiger partial charge in [0.05, 0.1) is 0 Å². The number of halogens is 1. The second-order valence-electron chi connectivity index (χ2n) is 5.36. The lowest BCUT2D eigenvalue weighted by Crippen LogP contribution is -2.42. The van der Waals surface area contributed by atoms with Gasteiger partial charge in [-0.25, -0.2) is 9.97 Å². The number of nitrogens with zero attached hydrogens (tertiary/aromatic N) is 4. The lowest BCUT2D eigenvalue weighted by atomic mass is 10.0. The van der Waals surface area contributed by atoms with Gasteiger partial charge in [-0.3, -0.25) is 0 Å². The molecule has 1 aliphatic heterocycles. The van der Waals surface area contributed by atoms with Crippen LogP contribution >= 0.6 is 11.6 Å². The van der Waals surface area contributed by atoms with Crippen LogP contribution in [0.4, 0.5) is 5.82 Å². The molecule has 0 aliphatic carbocycles. The lowest BCUT2D eigenvalue weighted by Gasteiger charge is -2.36. The van der Waals surface area contributed by atoms with E-state index < -0.39 is 0 Å². The van der Waals surface area contributed by atoms with Crippen molar-refractivity contribution in [2.75, 3.05) is 32.1 Å². The maximum Gasteiger partial charge on any atom is 0.137 e. The summed E-state index contributed by atoms with van der Waals surface area (Å²) in [6.07, 6.45) is 5.93. The smallest absolute Gasteiger partial charge is 0.137 e. The molecule has 5 heteroatoms. The molecule has 1 aliphatic rings. The van der Waals surface area contributed by atoms with E-state index in [0.717, 1.165) is 37.3 Å². The Morgan fingerprint density at radius 2 is 2.05 bits per heavy atom. The molecule has 0 bridgehead atoms. The number of rotatable bonds is 4. The topological polar surface area (TPSA) is 32.3 Å². The highest BCUT2D eigenvalue weighted by Crippen LogP contribution is 2.27. The van der Waals surface area contributed by atoms with Crippen LogP contribution in [-0.4, -0.2) is 48.1 Å². The minimum absolute atomic E-state index is 0.553. The molecule has 0 N–H and O–H groups in total. The molecule has 2 rings (SSSR count). The number of piperidine rings is 1. The zero-order chi connectivity index (χ0) is 13.8. The molecule has 1 saturated heterocycles. The Hall–Kier alpha value is -0.870. The minimum atomic E-state index is 0.553. The van der Waals surface area contributed by atoms with Crippen LogP contribution in [0.15, 0.2) is 6.33 Å². The van der Waals surface area contributed by atoms with E-state index in [4.69, 9.17) is 11.6 Å². The molecule has 0 radical (unpaired) electrons. The second-order valence-corrected chi connectivity index (χ2v) is 5.72. The van der Waals surface area contributed by atoms with Gasteiger partial charge in [-0.2, -0.15) is 0 Å². The highest BCUT2D eigenvalue weighted by Gasteiger charge is 2.23. The summed E-state index contributed by atoms with van der Waals surface area (Å²) in [5, 5.41) is 0.603. The van der Waals surface area contributed by atoms with Crippen molar-refractivity contribution >= 4 is 17.4 Å². The van der Waals surface area contributed by atoms with Gasteiger partial charge in [-0.05, 0) is 39.4 Å². The second kappa shape index (κ2) is 6.53. The summed E-state index contributed by atoms with van der Waals surface area (Å²) in [7, 11) is 4.31. The summed E-state index contributed by atoms with van der Waals surface area (Å²) >= 11 is 6.23. The molecule has 0 aromatic carbocycles. The summed E-state index contributed by atoms with van der Waals surface area (Å²) in [6.45, 7) is 4.45. The third kappa shape index (κ3) is 3.37. The number of hydrogen-bond acceptors (Lipinski definition) is 4. The van der Waals surface area contributed by atoms with E-state index in [1.54, 1.807) is 6.33 Å². The first-order chi connectivity index (χ1) is 9.13. The average Bonchev–Trinajstić information content (AvgIpc) is 2.41. The molecule has 0 amide bonds. The fourth-order valence-electron chi connectivity index (χ4n) is 2.71. The average molecular weight is 283 g/mol. The van der Waals surface area contributed by atoms with E-state index in [1.165, 1.54) is 12.8 Å². The van der Waals surface area contributed by atoms with Crippen molar-refractivity contribution in [3.63, 3.8) is 0 Å². The Labute approximate surface area is 120 Å². The highest BCUT2D eigenvalue weighted by molar-refractivity contribution is 6.30. The molecule has 1 fully saturated rings. The summed E-state index contributed by atoms with van der Waals surface area (Å²) in [4.78, 5) is 13.3. The lowest BCUT2D eigenvalue weighted by molar-refractivity contribution is 0.252. The fraction of sp³-hybridized carbons (Fsp3) is 0.714. The van der Waals surface area contributed by atoms with Crippen LogP contribution in [0, 0.1) is 0 Å². The molecule has 0 saturated carbocycles. The third-order valence-electron chi connectivity index (χ3n) is 3.94. The Kier molecular flexibility index (Phi) is 4.99. The number of hydrogen-bond donors (Lipinski definition) is 0. The van der Waals surface area contributed by atoms with E-state index in [-0.39, 0.29) is 0 Å². The zero-order valence-corrected chi connectivity index (χ0v) is 12.8. The fourth-order valence-corrected chi connectivity index (χ4v) is 2.93. The normalized spacial score (nSPS) is 17.7. The maximum absolute atomic E-state index is 6.23. The van der Waals surface area contributed by atoms with E-state index in [0.29, 0.717) is 11.2 Å². The molecule has 1 aromatic heterocycles. The Balaban J connectivity index is 2.18. The van der Waals surface area contributed by atoms with Crippen molar-refractivity contribution in [1.29, 1.82) is 0 Å². The van der Waals surface area contributed by atoms with Crippen molar-refractivity contribution in [2.24, 2.45) is 0 Å². The molecule has 1 aromatic rings. The van der Waals surface area contributed by atoms with Crippen LogP contribution in [0.2, 0.25) is 5.15 Å². The first kappa shape index (κ1) is 14.5. The van der Waals surface area contributed by atoms with Gasteiger partial charge in [0.1, 0.15) is 17.3 Å². The van der Waals surface area contributed by atoms with Crippen molar-refractivity contribution in [3.8, 4) is 0 Å². The van der Waals surface area contributed by atoms with Crippen LogP contribution in [0.3, 0.4) is 0 Å². The summed E-state index contributed by atoms with van der Waals surface area (Å²) in [5.41, 5.74) is 1.09. The Morgan fingerprint density at radius 3 is 2.68 bits per heavy atom. The Bertz CT molecular complexity index is 416. The minimum Gasteiger partial charge on any atom is -0.356 e. The van der Waals surface area contributed by atoms with Gasteiger partial charge < -0.3 is 9.80 Å². The van der Waals surface area contributed by atoms with E-state index in [2.05, 4.69) is 40.8 Å². The van der Waals surface area contributed by atoms with Gasteiger partial charge >= 0.3 is 0 Å². The van der Waals surface area contributed by atoms with Crippen LogP contribution in [0.1, 0.15) is 31.7 Å². The number of aromatic nitrogens is 2. The van der Waals surface area contributed by atoms with Crippen LogP contribution in [0.5, 0.6) is 0 Å². The Morgan fingerprint density at radius 1 is 1.37 bits per heavy atom. The number of anilines is 1. The zero-order valence-electron chi connectivity index (χ0n) is 12.1. The summed E-state index contributed by atoms with van der Waals surface area (Å²) in [6, 6.07) is 0.553. The first-order valence-corrected chi connectivity index (χ1v) is 7.42. The molecular formula is C14H23ClN4. The van der Waals surface area contributed by atoms with E-state index in [1.807, 2.05) is 0 Å². The van der Waals surface area contributed by atoms with Gasteiger partial charge in [-0.15, -0.1) is 0 Å². The van der Waals surface area contributed by atoms with Crippen LogP contribution < -0.4 is 4.90 Å². The summed E-state index contributed by atoms with van der Waals surface area (Å²) in [5.74, 6) is 1.01. The molecular weight excluding hydrogens is 260 g/mol. The van der Waals surface area contributed by atoms with Gasteiger partial charge in [0, 0.05) is 18.7 Å². The molecule has 0 atom stereocenters. The van der Waals surface area contributed by atoms with E-state index >= 15 is 0 Å². The molecule has 19 heavy (non-hydrogen) atoms. The standard InChI is InChI=1S/C14H23ClN4/c1-4-5-12-13(15)16-10-17-14(12)19(3)11-6-8-18(2)9-7-11/h10-11H,4-9H2,1-3H3. The van der Waals surface area contributed by atoms with Gasteiger partial charge in [0.15, 0.2) is 0 Å². The van der Waals surface area contributed by atoms with Crippen molar-refractivity contribution in [3.05, 3.63) is 17.0 Å². The first-order valence-electron chi connectivity index (χ1n) is 7.04.